The third-order valence-electron chi connectivity index (χ3n) is 17.5. The maximum Gasteiger partial charge on any atom is 0.229 e. The predicted molar refractivity (Wildman–Crippen MR) is 260 cm³/mol. The molecule has 13 rings (SSSR count). The fourth-order valence-corrected chi connectivity index (χ4v) is 14.5. The summed E-state index contributed by atoms with van der Waals surface area (Å²) in [6.07, 6.45) is 6.51. The number of fused-ring (bicyclic) bond motifs is 2. The number of aromatic nitrogens is 2. The van der Waals surface area contributed by atoms with Gasteiger partial charge in [0.05, 0.1) is 26.3 Å². The molecule has 2 aliphatic carbocycles. The lowest BCUT2D eigenvalue weighted by Gasteiger charge is -2.47. The molecule has 0 amide bonds. The summed E-state index contributed by atoms with van der Waals surface area (Å²) >= 11 is 0. The molecule has 0 radical (unpaired) electrons. The van der Waals surface area contributed by atoms with Crippen LogP contribution < -0.4 is 18.9 Å². The smallest absolute Gasteiger partial charge is 0.229 e. The average Bonchev–Trinajstić information content (AvgIpc) is 4.18. The van der Waals surface area contributed by atoms with Crippen molar-refractivity contribution in [3.05, 3.63) is 145 Å². The van der Waals surface area contributed by atoms with Crippen LogP contribution in [-0.2, 0) is 0 Å². The van der Waals surface area contributed by atoms with E-state index >= 15 is 0 Å². The summed E-state index contributed by atoms with van der Waals surface area (Å²) in [5.74, 6) is 6.20. The first-order valence-corrected chi connectivity index (χ1v) is 24.5. The fraction of sp³-hybridized carbons (Fsp3) is 0.379. The van der Waals surface area contributed by atoms with Gasteiger partial charge in [-0.25, -0.2) is 0 Å². The van der Waals surface area contributed by atoms with Crippen molar-refractivity contribution in [1.82, 2.24) is 19.8 Å². The lowest BCUT2D eigenvalue weighted by atomic mass is 9.89. The minimum absolute atomic E-state index is 0.171. The number of hydrogen-bond donors (Lipinski definition) is 0. The largest absolute Gasteiger partial charge is 0.497 e. The second-order valence-corrected chi connectivity index (χ2v) is 19.9. The molecule has 4 saturated heterocycles. The van der Waals surface area contributed by atoms with E-state index < -0.39 is 0 Å². The van der Waals surface area contributed by atoms with E-state index in [1.54, 1.807) is 14.2 Å². The van der Waals surface area contributed by atoms with Crippen LogP contribution in [0.1, 0.15) is 75.7 Å². The summed E-state index contributed by atoms with van der Waals surface area (Å²) in [5.41, 5.74) is 5.53. The van der Waals surface area contributed by atoms with Crippen LogP contribution in [0.25, 0.3) is 44.1 Å². The number of rotatable bonds is 14. The molecular formula is C58H58N4O4. The van der Waals surface area contributed by atoms with Crippen LogP contribution in [0, 0.1) is 23.7 Å². The molecule has 5 heterocycles. The number of nitrogens with zero attached hydrogens (tertiary/aromatic N) is 4. The molecule has 6 unspecified atom stereocenters. The van der Waals surface area contributed by atoms with Gasteiger partial charge < -0.3 is 18.9 Å². The minimum atomic E-state index is -0.327. The number of methoxy groups -OCH3 is 2. The van der Waals surface area contributed by atoms with E-state index in [1.807, 2.05) is 6.07 Å². The SMILES string of the molecule is CCC1C2C[C@H](C(Oc3nc(-c4ccccc4)nc(OC(c4cccc5ccc(OC)cc45)[C@@H]4CC5C(CC)[C@@]56CCN46)c3-c3ccccc3)c3cccc4ccc(OC)cc34)N3CC[C@@]123. The molecule has 2 saturated carbocycles. The van der Waals surface area contributed by atoms with Gasteiger partial charge in [0.25, 0.3) is 0 Å². The standard InChI is InChI=1S/C58H58N4O4/c1-5-45-47-33-49(61-29-27-57(45,47)61)52(41-21-13-19-35-23-25-39(63-3)31-43(35)41)65-55-51(37-15-9-7-10-16-37)56(60-54(59-55)38-17-11-8-12-18-38)66-53(50-34-48-46(6-2)58(48)28-30-62(50)58)42-22-14-20-36-24-26-40(64-4)32-44(36)42/h7-26,31-32,45-50,52-53H,5-6,27-30,33-34H2,1-4H3/t45?,46?,47?,48?,49-,50+,52?,53?,57-,58+. The van der Waals surface area contributed by atoms with E-state index in [-0.39, 0.29) is 24.3 Å². The van der Waals surface area contributed by atoms with Gasteiger partial charge in [-0.05, 0) is 101 Å². The highest BCUT2D eigenvalue weighted by atomic mass is 16.5. The van der Waals surface area contributed by atoms with Crippen LogP contribution in [0.15, 0.2) is 133 Å². The second-order valence-electron chi connectivity index (χ2n) is 19.9. The van der Waals surface area contributed by atoms with Crippen molar-refractivity contribution in [2.24, 2.45) is 23.7 Å². The maximum absolute atomic E-state index is 7.82. The van der Waals surface area contributed by atoms with Gasteiger partial charge in [-0.2, -0.15) is 9.97 Å². The third kappa shape index (κ3) is 5.83. The average molecular weight is 875 g/mol. The summed E-state index contributed by atoms with van der Waals surface area (Å²) in [5, 5.41) is 4.60. The zero-order chi connectivity index (χ0) is 44.3. The molecule has 0 N–H and O–H groups in total. The van der Waals surface area contributed by atoms with Crippen molar-refractivity contribution < 1.29 is 18.9 Å². The Balaban J connectivity index is 1.01. The van der Waals surface area contributed by atoms with Crippen molar-refractivity contribution >= 4 is 21.5 Å². The molecule has 10 atom stereocenters. The zero-order valence-corrected chi connectivity index (χ0v) is 38.4. The van der Waals surface area contributed by atoms with Gasteiger partial charge in [-0.3, -0.25) is 9.80 Å². The summed E-state index contributed by atoms with van der Waals surface area (Å²) in [4.78, 5) is 16.6. The van der Waals surface area contributed by atoms with Crippen LogP contribution in [0.4, 0.5) is 0 Å². The van der Waals surface area contributed by atoms with Crippen molar-refractivity contribution in [2.75, 3.05) is 27.3 Å². The van der Waals surface area contributed by atoms with Gasteiger partial charge in [0.15, 0.2) is 5.82 Å². The highest BCUT2D eigenvalue weighted by molar-refractivity contribution is 5.89. The van der Waals surface area contributed by atoms with Gasteiger partial charge in [-0.15, -0.1) is 0 Å². The summed E-state index contributed by atoms with van der Waals surface area (Å²) < 4.78 is 27.3. The molecule has 6 aliphatic rings. The van der Waals surface area contributed by atoms with E-state index in [9.17, 15) is 0 Å². The molecule has 6 fully saturated rings. The molecule has 1 aromatic heterocycles. The minimum Gasteiger partial charge on any atom is -0.497 e. The molecule has 7 aromatic rings. The zero-order valence-electron chi connectivity index (χ0n) is 38.4. The highest BCUT2D eigenvalue weighted by Crippen LogP contribution is 2.73. The summed E-state index contributed by atoms with van der Waals surface area (Å²) in [6.45, 7) is 6.91. The van der Waals surface area contributed by atoms with E-state index in [1.165, 1.54) is 25.7 Å². The molecule has 8 heteroatoms. The lowest BCUT2D eigenvalue weighted by Crippen LogP contribution is -2.55. The van der Waals surface area contributed by atoms with Crippen molar-refractivity contribution in [3.8, 4) is 45.8 Å². The molecule has 8 nitrogen and oxygen atoms in total. The first-order chi connectivity index (χ1) is 32.5. The Morgan fingerprint density at radius 2 is 1.03 bits per heavy atom. The van der Waals surface area contributed by atoms with Crippen LogP contribution in [-0.4, -0.2) is 70.2 Å². The summed E-state index contributed by atoms with van der Waals surface area (Å²) in [7, 11) is 3.49. The Labute approximate surface area is 387 Å². The number of benzene rings is 6. The Kier molecular flexibility index (Phi) is 9.34. The number of ether oxygens (including phenoxy) is 4. The fourth-order valence-electron chi connectivity index (χ4n) is 14.5. The van der Waals surface area contributed by atoms with Crippen LogP contribution in [0.5, 0.6) is 23.3 Å². The van der Waals surface area contributed by atoms with Crippen molar-refractivity contribution in [2.45, 2.75) is 87.7 Å². The molecule has 66 heavy (non-hydrogen) atoms. The molecule has 0 bridgehead atoms. The maximum atomic E-state index is 7.82. The predicted octanol–water partition coefficient (Wildman–Crippen LogP) is 12.1. The van der Waals surface area contributed by atoms with Crippen molar-refractivity contribution in [3.63, 3.8) is 0 Å². The molecule has 334 valence electrons. The molecule has 6 aromatic carbocycles. The Morgan fingerprint density at radius 1 is 0.561 bits per heavy atom. The van der Waals surface area contributed by atoms with Gasteiger partial charge >= 0.3 is 0 Å². The Bertz CT molecular complexity index is 2840. The van der Waals surface area contributed by atoms with Gasteiger partial charge in [0, 0.05) is 40.9 Å². The normalized spacial score (nSPS) is 28.8. The molecule has 2 spiro atoms. The quantitative estimate of drug-likeness (QED) is 0.107. The monoisotopic (exact) mass is 874 g/mol. The lowest BCUT2D eigenvalue weighted by molar-refractivity contribution is -0.0186. The van der Waals surface area contributed by atoms with E-state index in [2.05, 4.69) is 151 Å². The van der Waals surface area contributed by atoms with Crippen LogP contribution in [0.2, 0.25) is 0 Å². The van der Waals surface area contributed by atoms with E-state index in [4.69, 9.17) is 28.9 Å². The van der Waals surface area contributed by atoms with Crippen molar-refractivity contribution in [1.29, 1.82) is 0 Å². The topological polar surface area (TPSA) is 69.2 Å². The Hall–Kier alpha value is -5.96. The number of hydrogen-bond acceptors (Lipinski definition) is 8. The van der Waals surface area contributed by atoms with Gasteiger partial charge in [-0.1, -0.05) is 136 Å². The van der Waals surface area contributed by atoms with Gasteiger partial charge in [0.2, 0.25) is 11.8 Å². The first-order valence-electron chi connectivity index (χ1n) is 24.5. The second kappa shape index (κ2) is 15.3. The highest BCUT2D eigenvalue weighted by Gasteiger charge is 2.77. The summed E-state index contributed by atoms with van der Waals surface area (Å²) in [6, 6.07) is 47.3. The van der Waals surface area contributed by atoms with Gasteiger partial charge in [0.1, 0.15) is 29.3 Å². The molecular weight excluding hydrogens is 817 g/mol. The van der Waals surface area contributed by atoms with E-state index in [0.717, 1.165) is 98.6 Å². The van der Waals surface area contributed by atoms with E-state index in [0.29, 0.717) is 40.5 Å². The third-order valence-corrected chi connectivity index (χ3v) is 17.5. The van der Waals surface area contributed by atoms with Crippen LogP contribution in [0.3, 0.4) is 0 Å². The molecule has 4 aliphatic heterocycles. The number of piperidine rings is 2. The van der Waals surface area contributed by atoms with Crippen LogP contribution >= 0.6 is 0 Å². The Morgan fingerprint density at radius 3 is 1.44 bits per heavy atom. The first kappa shape index (κ1) is 40.3.